The maximum Gasteiger partial charge on any atom is 0.00951 e. The van der Waals surface area contributed by atoms with Gasteiger partial charge in [0, 0.05) is 6.04 Å². The van der Waals surface area contributed by atoms with E-state index in [9.17, 15) is 0 Å². The van der Waals surface area contributed by atoms with Crippen LogP contribution in [-0.4, -0.2) is 12.6 Å². The third-order valence-corrected chi connectivity index (χ3v) is 3.53. The fourth-order valence-corrected chi connectivity index (χ4v) is 2.79. The number of nitrogens with one attached hydrogen (secondary N) is 1. The Morgan fingerprint density at radius 1 is 1.07 bits per heavy atom. The summed E-state index contributed by atoms with van der Waals surface area (Å²) in [6.45, 7) is 5.68. The summed E-state index contributed by atoms with van der Waals surface area (Å²) in [7, 11) is 0. The van der Waals surface area contributed by atoms with Crippen LogP contribution >= 0.6 is 0 Å². The molecule has 1 atom stereocenters. The molecule has 0 aliphatic heterocycles. The molecule has 84 valence electrons. The number of rotatable bonds is 5. The van der Waals surface area contributed by atoms with Gasteiger partial charge in [0.15, 0.2) is 0 Å². The van der Waals surface area contributed by atoms with Crippen molar-refractivity contribution in [1.82, 2.24) is 5.32 Å². The molecule has 1 rings (SSSR count). The van der Waals surface area contributed by atoms with Crippen molar-refractivity contribution in [2.24, 2.45) is 5.92 Å². The van der Waals surface area contributed by atoms with Crippen LogP contribution in [0.5, 0.6) is 0 Å². The van der Waals surface area contributed by atoms with Crippen LogP contribution in [0.4, 0.5) is 0 Å². The summed E-state index contributed by atoms with van der Waals surface area (Å²) in [4.78, 5) is 0. The minimum Gasteiger partial charge on any atom is -0.314 e. The molecular weight excluding hydrogens is 170 g/mol. The van der Waals surface area contributed by atoms with E-state index in [4.69, 9.17) is 0 Å². The first-order chi connectivity index (χ1) is 6.88. The van der Waals surface area contributed by atoms with Gasteiger partial charge in [0.1, 0.15) is 0 Å². The molecule has 1 heteroatoms. The van der Waals surface area contributed by atoms with Gasteiger partial charge in [-0.25, -0.2) is 0 Å². The molecule has 1 saturated carbocycles. The van der Waals surface area contributed by atoms with E-state index in [1.54, 1.807) is 0 Å². The first kappa shape index (κ1) is 12.0. The Labute approximate surface area is 89.7 Å². The van der Waals surface area contributed by atoms with Crippen LogP contribution in [0.15, 0.2) is 0 Å². The first-order valence-corrected chi connectivity index (χ1v) is 6.61. The third kappa shape index (κ3) is 4.00. The van der Waals surface area contributed by atoms with E-state index in [0.29, 0.717) is 0 Å². The predicted octanol–water partition coefficient (Wildman–Crippen LogP) is 3.74. The zero-order valence-corrected chi connectivity index (χ0v) is 10.0. The van der Waals surface area contributed by atoms with E-state index in [-0.39, 0.29) is 0 Å². The largest absolute Gasteiger partial charge is 0.314 e. The average molecular weight is 197 g/mol. The Balaban J connectivity index is 2.38. The van der Waals surface area contributed by atoms with E-state index < -0.39 is 0 Å². The quantitative estimate of drug-likeness (QED) is 0.662. The molecule has 1 fully saturated rings. The Morgan fingerprint density at radius 3 is 2.21 bits per heavy atom. The minimum absolute atomic E-state index is 0.808. The summed E-state index contributed by atoms with van der Waals surface area (Å²) < 4.78 is 0. The van der Waals surface area contributed by atoms with E-state index in [1.165, 1.54) is 51.4 Å². The SMILES string of the molecule is CCCC(NCC)C1CCCCCC1. The molecule has 0 saturated heterocycles. The lowest BCUT2D eigenvalue weighted by atomic mass is 9.89. The van der Waals surface area contributed by atoms with Crippen molar-refractivity contribution in [2.45, 2.75) is 71.3 Å². The van der Waals surface area contributed by atoms with E-state index in [1.807, 2.05) is 0 Å². The average Bonchev–Trinajstić information content (AvgIpc) is 2.45. The van der Waals surface area contributed by atoms with Gasteiger partial charge < -0.3 is 5.32 Å². The molecular formula is C13H27N. The Morgan fingerprint density at radius 2 is 1.71 bits per heavy atom. The summed E-state index contributed by atoms with van der Waals surface area (Å²) in [6, 6.07) is 0.808. The first-order valence-electron chi connectivity index (χ1n) is 6.61. The molecule has 0 aromatic rings. The normalized spacial score (nSPS) is 21.9. The molecule has 1 unspecified atom stereocenters. The molecule has 0 amide bonds. The van der Waals surface area contributed by atoms with Gasteiger partial charge in [-0.3, -0.25) is 0 Å². The summed E-state index contributed by atoms with van der Waals surface area (Å²) in [6.07, 6.45) is 11.5. The highest BCUT2D eigenvalue weighted by molar-refractivity contribution is 4.77. The Bertz CT molecular complexity index is 119. The fourth-order valence-electron chi connectivity index (χ4n) is 2.79. The second-order valence-corrected chi connectivity index (χ2v) is 4.70. The molecule has 14 heavy (non-hydrogen) atoms. The van der Waals surface area contributed by atoms with Gasteiger partial charge in [0.2, 0.25) is 0 Å². The summed E-state index contributed by atoms with van der Waals surface area (Å²) in [5.74, 6) is 0.970. The summed E-state index contributed by atoms with van der Waals surface area (Å²) in [5.41, 5.74) is 0. The van der Waals surface area contributed by atoms with Gasteiger partial charge in [-0.2, -0.15) is 0 Å². The molecule has 0 aromatic heterocycles. The Hall–Kier alpha value is -0.0400. The fraction of sp³-hybridized carbons (Fsp3) is 1.00. The standard InChI is InChI=1S/C13H27N/c1-3-9-13(14-4-2)12-10-7-5-6-8-11-12/h12-14H,3-11H2,1-2H3. The highest BCUT2D eigenvalue weighted by Crippen LogP contribution is 2.27. The van der Waals surface area contributed by atoms with Crippen molar-refractivity contribution in [3.8, 4) is 0 Å². The number of hydrogen-bond acceptors (Lipinski definition) is 1. The monoisotopic (exact) mass is 197 g/mol. The van der Waals surface area contributed by atoms with Gasteiger partial charge in [-0.15, -0.1) is 0 Å². The van der Waals surface area contributed by atoms with Crippen LogP contribution in [-0.2, 0) is 0 Å². The van der Waals surface area contributed by atoms with Gasteiger partial charge >= 0.3 is 0 Å². The van der Waals surface area contributed by atoms with E-state index >= 15 is 0 Å². The molecule has 1 aliphatic rings. The predicted molar refractivity (Wildman–Crippen MR) is 63.6 cm³/mol. The van der Waals surface area contributed by atoms with Crippen molar-refractivity contribution in [2.75, 3.05) is 6.54 Å². The number of hydrogen-bond donors (Lipinski definition) is 1. The lowest BCUT2D eigenvalue weighted by Gasteiger charge is -2.26. The lowest BCUT2D eigenvalue weighted by Crippen LogP contribution is -2.35. The van der Waals surface area contributed by atoms with Gasteiger partial charge in [-0.05, 0) is 31.7 Å². The Kier molecular flexibility index (Phi) is 6.25. The second kappa shape index (κ2) is 7.28. The van der Waals surface area contributed by atoms with Crippen LogP contribution in [0, 0.1) is 5.92 Å². The van der Waals surface area contributed by atoms with E-state index in [2.05, 4.69) is 19.2 Å². The summed E-state index contributed by atoms with van der Waals surface area (Å²) >= 11 is 0. The molecule has 1 aliphatic carbocycles. The highest BCUT2D eigenvalue weighted by atomic mass is 14.9. The van der Waals surface area contributed by atoms with Crippen LogP contribution < -0.4 is 5.32 Å². The van der Waals surface area contributed by atoms with Crippen molar-refractivity contribution in [3.05, 3.63) is 0 Å². The molecule has 0 aromatic carbocycles. The molecule has 0 spiro atoms. The zero-order chi connectivity index (χ0) is 10.2. The lowest BCUT2D eigenvalue weighted by molar-refractivity contribution is 0.307. The third-order valence-electron chi connectivity index (χ3n) is 3.53. The highest BCUT2D eigenvalue weighted by Gasteiger charge is 2.20. The van der Waals surface area contributed by atoms with Gasteiger partial charge in [-0.1, -0.05) is 46.0 Å². The van der Waals surface area contributed by atoms with Crippen molar-refractivity contribution >= 4 is 0 Å². The van der Waals surface area contributed by atoms with Gasteiger partial charge in [0.25, 0.3) is 0 Å². The molecule has 0 radical (unpaired) electrons. The summed E-state index contributed by atoms with van der Waals surface area (Å²) in [5, 5.41) is 3.68. The van der Waals surface area contributed by atoms with Gasteiger partial charge in [0.05, 0.1) is 0 Å². The van der Waals surface area contributed by atoms with E-state index in [0.717, 1.165) is 18.5 Å². The molecule has 1 nitrogen and oxygen atoms in total. The van der Waals surface area contributed by atoms with Crippen LogP contribution in [0.2, 0.25) is 0 Å². The molecule has 1 N–H and O–H groups in total. The maximum absolute atomic E-state index is 3.68. The van der Waals surface area contributed by atoms with Crippen LogP contribution in [0.1, 0.15) is 65.2 Å². The van der Waals surface area contributed by atoms with Crippen molar-refractivity contribution < 1.29 is 0 Å². The van der Waals surface area contributed by atoms with Crippen LogP contribution in [0.25, 0.3) is 0 Å². The molecule has 0 heterocycles. The second-order valence-electron chi connectivity index (χ2n) is 4.70. The topological polar surface area (TPSA) is 12.0 Å². The van der Waals surface area contributed by atoms with Crippen molar-refractivity contribution in [1.29, 1.82) is 0 Å². The zero-order valence-electron chi connectivity index (χ0n) is 10.0. The minimum atomic E-state index is 0.808. The maximum atomic E-state index is 3.68. The molecule has 0 bridgehead atoms. The smallest absolute Gasteiger partial charge is 0.00951 e. The van der Waals surface area contributed by atoms with Crippen molar-refractivity contribution in [3.63, 3.8) is 0 Å². The van der Waals surface area contributed by atoms with Crippen LogP contribution in [0.3, 0.4) is 0 Å².